The number of aryl methyl sites for hydroxylation is 1. The number of aliphatic hydroxyl groups excluding tert-OH is 1. The minimum Gasteiger partial charge on any atom is -0.396 e. The van der Waals surface area contributed by atoms with Crippen LogP contribution in [-0.4, -0.2) is 63.3 Å². The summed E-state index contributed by atoms with van der Waals surface area (Å²) in [5, 5.41) is 32.0. The zero-order chi connectivity index (χ0) is 27.4. The number of aromatic nitrogens is 3. The summed E-state index contributed by atoms with van der Waals surface area (Å²) in [6, 6.07) is 15.1. The molecule has 3 aromatic rings. The van der Waals surface area contributed by atoms with Gasteiger partial charge in [-0.1, -0.05) is 54.6 Å². The molecule has 1 saturated heterocycles. The van der Waals surface area contributed by atoms with Crippen LogP contribution in [0.2, 0.25) is 0 Å². The van der Waals surface area contributed by atoms with E-state index in [4.69, 9.17) is 5.11 Å². The van der Waals surface area contributed by atoms with Crippen LogP contribution in [0.25, 0.3) is 0 Å². The van der Waals surface area contributed by atoms with Gasteiger partial charge in [0.25, 0.3) is 5.91 Å². The van der Waals surface area contributed by atoms with Crippen LogP contribution < -0.4 is 15.1 Å². The lowest BCUT2D eigenvalue weighted by atomic mass is 9.83. The topological polar surface area (TPSA) is 124 Å². The molecule has 2 aromatic carbocycles. The van der Waals surface area contributed by atoms with Crippen molar-refractivity contribution in [2.75, 3.05) is 36.0 Å². The molecule has 0 bridgehead atoms. The van der Waals surface area contributed by atoms with E-state index in [1.807, 2.05) is 73.8 Å². The van der Waals surface area contributed by atoms with E-state index < -0.39 is 11.5 Å². The molecule has 0 saturated carbocycles. The summed E-state index contributed by atoms with van der Waals surface area (Å²) in [5.74, 6) is -0.775. The van der Waals surface area contributed by atoms with E-state index in [0.717, 1.165) is 23.5 Å². The van der Waals surface area contributed by atoms with Crippen LogP contribution in [0.15, 0.2) is 66.9 Å². The lowest BCUT2D eigenvalue weighted by Crippen LogP contribution is -2.48. The number of benzene rings is 2. The highest BCUT2D eigenvalue weighted by atomic mass is 16.3. The summed E-state index contributed by atoms with van der Waals surface area (Å²) in [6.07, 6.45) is 6.76. The SMILES string of the molecule is C[C@H](/C=C/CCn1cc(CCO)nn1)[C@@]1(O)C(=O)N(Cc2ccc(N3CCNCC3=O)cc2)c2ccccc21. The summed E-state index contributed by atoms with van der Waals surface area (Å²) < 4.78 is 1.72. The Morgan fingerprint density at radius 2 is 1.95 bits per heavy atom. The minimum atomic E-state index is -1.68. The van der Waals surface area contributed by atoms with Gasteiger partial charge in [0.2, 0.25) is 5.91 Å². The highest BCUT2D eigenvalue weighted by molar-refractivity contribution is 6.07. The summed E-state index contributed by atoms with van der Waals surface area (Å²) in [5.41, 5.74) is 2.10. The first-order valence-electron chi connectivity index (χ1n) is 13.3. The zero-order valence-corrected chi connectivity index (χ0v) is 22.0. The standard InChI is InChI=1S/C29H34N6O4/c1-21(6-4-5-15-33-20-23(13-17-36)31-32-33)29(39)25-7-2-3-8-26(25)35(28(29)38)19-22-9-11-24(12-10-22)34-16-14-30-18-27(34)37/h2-4,6-12,20-21,30,36,39H,5,13-19H2,1H3/b6-4+/t21-,29+/m1/s1. The monoisotopic (exact) mass is 530 g/mol. The lowest BCUT2D eigenvalue weighted by molar-refractivity contribution is -0.139. The van der Waals surface area contributed by atoms with Crippen molar-refractivity contribution >= 4 is 23.2 Å². The van der Waals surface area contributed by atoms with Crippen LogP contribution in [0.5, 0.6) is 0 Å². The number of allylic oxidation sites excluding steroid dienone is 1. The largest absolute Gasteiger partial charge is 0.396 e. The van der Waals surface area contributed by atoms with Gasteiger partial charge in [-0.2, -0.15) is 0 Å². The molecule has 3 heterocycles. The van der Waals surface area contributed by atoms with Gasteiger partial charge in [-0.05, 0) is 30.2 Å². The number of amides is 2. The minimum absolute atomic E-state index is 0.0318. The molecule has 39 heavy (non-hydrogen) atoms. The first-order valence-corrected chi connectivity index (χ1v) is 13.3. The fourth-order valence-electron chi connectivity index (χ4n) is 5.23. The number of anilines is 2. The van der Waals surface area contributed by atoms with Crippen molar-refractivity contribution in [3.63, 3.8) is 0 Å². The number of nitrogens with one attached hydrogen (secondary N) is 1. The summed E-state index contributed by atoms with van der Waals surface area (Å²) in [4.78, 5) is 29.4. The van der Waals surface area contributed by atoms with Crippen LogP contribution in [0.1, 0.15) is 30.2 Å². The third-order valence-corrected chi connectivity index (χ3v) is 7.42. The van der Waals surface area contributed by atoms with Crippen molar-refractivity contribution < 1.29 is 19.8 Å². The lowest BCUT2D eigenvalue weighted by Gasteiger charge is -2.28. The molecule has 10 heteroatoms. The average Bonchev–Trinajstić information content (AvgIpc) is 3.49. The number of nitrogens with zero attached hydrogens (tertiary/aromatic N) is 5. The number of fused-ring (bicyclic) bond motifs is 1. The quantitative estimate of drug-likeness (QED) is 0.341. The highest BCUT2D eigenvalue weighted by Crippen LogP contribution is 2.45. The predicted octanol–water partition coefficient (Wildman–Crippen LogP) is 1.77. The zero-order valence-electron chi connectivity index (χ0n) is 22.0. The Morgan fingerprint density at radius 1 is 1.15 bits per heavy atom. The van der Waals surface area contributed by atoms with Gasteiger partial charge in [0.05, 0.1) is 24.5 Å². The molecule has 1 fully saturated rings. The maximum Gasteiger partial charge on any atom is 0.264 e. The molecule has 0 aliphatic carbocycles. The van der Waals surface area contributed by atoms with E-state index in [1.54, 1.807) is 14.5 Å². The van der Waals surface area contributed by atoms with Gasteiger partial charge in [-0.15, -0.1) is 5.10 Å². The number of carbonyl (C=O) groups is 2. The van der Waals surface area contributed by atoms with Crippen LogP contribution in [0.3, 0.4) is 0 Å². The van der Waals surface area contributed by atoms with Crippen molar-refractivity contribution in [3.05, 3.63) is 83.7 Å². The van der Waals surface area contributed by atoms with Gasteiger partial charge in [0, 0.05) is 56.0 Å². The van der Waals surface area contributed by atoms with Gasteiger partial charge in [0.1, 0.15) is 0 Å². The summed E-state index contributed by atoms with van der Waals surface area (Å²) >= 11 is 0. The Morgan fingerprint density at radius 3 is 2.72 bits per heavy atom. The Labute approximate surface area is 227 Å². The molecule has 2 aliphatic rings. The van der Waals surface area contributed by atoms with E-state index in [2.05, 4.69) is 15.6 Å². The fourth-order valence-corrected chi connectivity index (χ4v) is 5.23. The number of rotatable bonds is 10. The smallest absolute Gasteiger partial charge is 0.264 e. The molecule has 1 aromatic heterocycles. The molecule has 204 valence electrons. The molecule has 0 unspecified atom stereocenters. The van der Waals surface area contributed by atoms with Gasteiger partial charge in [-0.3, -0.25) is 14.3 Å². The third kappa shape index (κ3) is 5.36. The molecular weight excluding hydrogens is 496 g/mol. The van der Waals surface area contributed by atoms with E-state index in [0.29, 0.717) is 50.3 Å². The number of aliphatic hydroxyl groups is 2. The molecule has 0 spiro atoms. The van der Waals surface area contributed by atoms with Crippen LogP contribution in [0.4, 0.5) is 11.4 Å². The molecular formula is C29H34N6O4. The van der Waals surface area contributed by atoms with E-state index in [1.165, 1.54) is 0 Å². The molecule has 2 atom stereocenters. The van der Waals surface area contributed by atoms with E-state index >= 15 is 0 Å². The van der Waals surface area contributed by atoms with Crippen molar-refractivity contribution in [3.8, 4) is 0 Å². The molecule has 2 aliphatic heterocycles. The van der Waals surface area contributed by atoms with E-state index in [9.17, 15) is 14.7 Å². The Balaban J connectivity index is 1.28. The van der Waals surface area contributed by atoms with Crippen molar-refractivity contribution in [1.82, 2.24) is 20.3 Å². The molecule has 5 rings (SSSR count). The second-order valence-corrected chi connectivity index (χ2v) is 10.0. The first-order chi connectivity index (χ1) is 18.9. The number of carbonyl (C=O) groups excluding carboxylic acids is 2. The van der Waals surface area contributed by atoms with Gasteiger partial charge in [-0.25, -0.2) is 0 Å². The summed E-state index contributed by atoms with van der Waals surface area (Å²) in [6.45, 7) is 4.51. The van der Waals surface area contributed by atoms with Crippen LogP contribution in [0, 0.1) is 5.92 Å². The van der Waals surface area contributed by atoms with Gasteiger partial charge >= 0.3 is 0 Å². The second kappa shape index (κ2) is 11.5. The number of hydrogen-bond donors (Lipinski definition) is 3. The highest BCUT2D eigenvalue weighted by Gasteiger charge is 2.52. The second-order valence-electron chi connectivity index (χ2n) is 10.0. The van der Waals surface area contributed by atoms with Crippen molar-refractivity contribution in [1.29, 1.82) is 0 Å². The molecule has 0 radical (unpaired) electrons. The average molecular weight is 531 g/mol. The third-order valence-electron chi connectivity index (χ3n) is 7.42. The van der Waals surface area contributed by atoms with Crippen LogP contribution in [-0.2, 0) is 34.7 Å². The molecule has 10 nitrogen and oxygen atoms in total. The maximum absolute atomic E-state index is 13.7. The van der Waals surface area contributed by atoms with Gasteiger partial charge in [0.15, 0.2) is 5.60 Å². The molecule has 3 N–H and O–H groups in total. The normalized spacial score (nSPS) is 20.2. The number of para-hydroxylation sites is 1. The van der Waals surface area contributed by atoms with Crippen molar-refractivity contribution in [2.45, 2.75) is 38.5 Å². The Kier molecular flexibility index (Phi) is 7.87. The Hall–Kier alpha value is -3.86. The number of hydrogen-bond acceptors (Lipinski definition) is 7. The molecule has 2 amide bonds. The summed E-state index contributed by atoms with van der Waals surface area (Å²) in [7, 11) is 0. The predicted molar refractivity (Wildman–Crippen MR) is 147 cm³/mol. The fraction of sp³-hybridized carbons (Fsp3) is 0.379. The number of piperazine rings is 1. The van der Waals surface area contributed by atoms with Crippen LogP contribution >= 0.6 is 0 Å². The maximum atomic E-state index is 13.7. The Bertz CT molecular complexity index is 1350. The van der Waals surface area contributed by atoms with E-state index in [-0.39, 0.29) is 18.4 Å². The first kappa shape index (κ1) is 26.7. The van der Waals surface area contributed by atoms with Crippen molar-refractivity contribution in [2.24, 2.45) is 5.92 Å². The van der Waals surface area contributed by atoms with Gasteiger partial charge < -0.3 is 25.3 Å².